The van der Waals surface area contributed by atoms with E-state index in [1.54, 1.807) is 7.11 Å². The summed E-state index contributed by atoms with van der Waals surface area (Å²) >= 11 is 0. The van der Waals surface area contributed by atoms with E-state index >= 15 is 0 Å². The zero-order valence-electron chi connectivity index (χ0n) is 9.03. The monoisotopic (exact) mass is 197 g/mol. The van der Waals surface area contributed by atoms with Crippen LogP contribution in [-0.2, 0) is 9.47 Å². The van der Waals surface area contributed by atoms with Crippen molar-refractivity contribution in [1.29, 1.82) is 0 Å². The van der Waals surface area contributed by atoms with E-state index in [2.05, 4.69) is 17.6 Å². The molecule has 3 nitrogen and oxygen atoms in total. The van der Waals surface area contributed by atoms with Gasteiger partial charge >= 0.3 is 0 Å². The van der Waals surface area contributed by atoms with Crippen LogP contribution in [0.1, 0.15) is 6.92 Å². The SMILES string of the molecule is C=C/C(=C\C)N(CCOC)CC1CO1. The maximum atomic E-state index is 5.21. The molecule has 3 heteroatoms. The number of ether oxygens (including phenoxy) is 2. The maximum Gasteiger partial charge on any atom is 0.0984 e. The lowest BCUT2D eigenvalue weighted by Crippen LogP contribution is -2.29. The van der Waals surface area contributed by atoms with Gasteiger partial charge in [-0.25, -0.2) is 0 Å². The van der Waals surface area contributed by atoms with Crippen LogP contribution < -0.4 is 0 Å². The second-order valence-corrected chi connectivity index (χ2v) is 3.31. The fourth-order valence-corrected chi connectivity index (χ4v) is 1.38. The van der Waals surface area contributed by atoms with Gasteiger partial charge in [-0.1, -0.05) is 12.7 Å². The maximum absolute atomic E-state index is 5.21. The molecule has 1 aliphatic heterocycles. The third kappa shape index (κ3) is 3.52. The van der Waals surface area contributed by atoms with Crippen molar-refractivity contribution < 1.29 is 9.47 Å². The average molecular weight is 197 g/mol. The molecule has 0 saturated carbocycles. The van der Waals surface area contributed by atoms with Crippen LogP contribution in [0.3, 0.4) is 0 Å². The van der Waals surface area contributed by atoms with Crippen molar-refractivity contribution in [1.82, 2.24) is 4.90 Å². The molecular formula is C11H19NO2. The van der Waals surface area contributed by atoms with Gasteiger partial charge in [0.25, 0.3) is 0 Å². The Morgan fingerprint density at radius 2 is 2.43 bits per heavy atom. The minimum Gasteiger partial charge on any atom is -0.383 e. The van der Waals surface area contributed by atoms with Gasteiger partial charge in [0, 0.05) is 25.9 Å². The molecular weight excluding hydrogens is 178 g/mol. The van der Waals surface area contributed by atoms with Crippen LogP contribution in [0.4, 0.5) is 0 Å². The highest BCUT2D eigenvalue weighted by atomic mass is 16.6. The summed E-state index contributed by atoms with van der Waals surface area (Å²) in [4.78, 5) is 2.24. The minimum atomic E-state index is 0.404. The summed E-state index contributed by atoms with van der Waals surface area (Å²) in [6.07, 6.45) is 4.34. The molecule has 1 saturated heterocycles. The van der Waals surface area contributed by atoms with E-state index < -0.39 is 0 Å². The first-order chi connectivity index (χ1) is 6.81. The molecule has 1 fully saturated rings. The van der Waals surface area contributed by atoms with Crippen LogP contribution in [0.15, 0.2) is 24.4 Å². The Morgan fingerprint density at radius 3 is 2.86 bits per heavy atom. The number of hydrogen-bond donors (Lipinski definition) is 0. The summed E-state index contributed by atoms with van der Waals surface area (Å²) in [5, 5.41) is 0. The van der Waals surface area contributed by atoms with Crippen LogP contribution in [0.2, 0.25) is 0 Å². The normalized spacial score (nSPS) is 20.7. The Balaban J connectivity index is 2.44. The topological polar surface area (TPSA) is 25.0 Å². The van der Waals surface area contributed by atoms with Gasteiger partial charge in [0.2, 0.25) is 0 Å². The van der Waals surface area contributed by atoms with Crippen molar-refractivity contribution in [3.8, 4) is 0 Å². The molecule has 1 aliphatic rings. The van der Waals surface area contributed by atoms with E-state index in [4.69, 9.17) is 9.47 Å². The van der Waals surface area contributed by atoms with Crippen molar-refractivity contribution in [2.24, 2.45) is 0 Å². The Hall–Kier alpha value is -0.800. The highest BCUT2D eigenvalue weighted by Crippen LogP contribution is 2.14. The lowest BCUT2D eigenvalue weighted by Gasteiger charge is -2.24. The molecule has 0 amide bonds. The first kappa shape index (κ1) is 11.3. The van der Waals surface area contributed by atoms with E-state index in [1.165, 1.54) is 0 Å². The number of allylic oxidation sites excluding steroid dienone is 2. The van der Waals surface area contributed by atoms with Crippen LogP contribution in [0, 0.1) is 0 Å². The number of epoxide rings is 1. The van der Waals surface area contributed by atoms with Gasteiger partial charge in [-0.05, 0) is 13.0 Å². The Morgan fingerprint density at radius 1 is 1.71 bits per heavy atom. The van der Waals surface area contributed by atoms with Crippen molar-refractivity contribution in [3.05, 3.63) is 24.4 Å². The molecule has 0 bridgehead atoms. The number of hydrogen-bond acceptors (Lipinski definition) is 3. The molecule has 80 valence electrons. The molecule has 0 aromatic heterocycles. The Bertz CT molecular complexity index is 209. The van der Waals surface area contributed by atoms with Gasteiger partial charge in [-0.2, -0.15) is 0 Å². The Labute approximate surface area is 86.0 Å². The zero-order chi connectivity index (χ0) is 10.4. The van der Waals surface area contributed by atoms with Gasteiger partial charge < -0.3 is 14.4 Å². The molecule has 1 unspecified atom stereocenters. The first-order valence-electron chi connectivity index (χ1n) is 4.96. The van der Waals surface area contributed by atoms with Crippen molar-refractivity contribution >= 4 is 0 Å². The van der Waals surface area contributed by atoms with Crippen molar-refractivity contribution in [2.75, 3.05) is 33.4 Å². The average Bonchev–Trinajstić information content (AvgIpc) is 2.99. The van der Waals surface area contributed by atoms with Crippen LogP contribution in [-0.4, -0.2) is 44.4 Å². The lowest BCUT2D eigenvalue weighted by atomic mass is 10.3. The second-order valence-electron chi connectivity index (χ2n) is 3.31. The molecule has 1 atom stereocenters. The van der Waals surface area contributed by atoms with E-state index in [-0.39, 0.29) is 0 Å². The smallest absolute Gasteiger partial charge is 0.0984 e. The summed E-state index contributed by atoms with van der Waals surface area (Å²) in [5.41, 5.74) is 1.15. The second kappa shape index (κ2) is 5.83. The minimum absolute atomic E-state index is 0.404. The molecule has 0 aliphatic carbocycles. The van der Waals surface area contributed by atoms with E-state index in [1.807, 2.05) is 13.0 Å². The van der Waals surface area contributed by atoms with Gasteiger partial charge in [0.15, 0.2) is 0 Å². The predicted molar refractivity (Wildman–Crippen MR) is 57.1 cm³/mol. The largest absolute Gasteiger partial charge is 0.383 e. The summed E-state index contributed by atoms with van der Waals surface area (Å²) < 4.78 is 10.3. The fourth-order valence-electron chi connectivity index (χ4n) is 1.38. The van der Waals surface area contributed by atoms with Crippen molar-refractivity contribution in [3.63, 3.8) is 0 Å². The van der Waals surface area contributed by atoms with Crippen LogP contribution in [0.25, 0.3) is 0 Å². The number of rotatable bonds is 7. The van der Waals surface area contributed by atoms with Crippen LogP contribution >= 0.6 is 0 Å². The Kier molecular flexibility index (Phi) is 4.70. The van der Waals surface area contributed by atoms with Gasteiger partial charge in [0.1, 0.15) is 0 Å². The summed E-state index contributed by atoms with van der Waals surface area (Å²) in [7, 11) is 1.72. The lowest BCUT2D eigenvalue weighted by molar-refractivity contribution is 0.161. The molecule has 0 aromatic carbocycles. The highest BCUT2D eigenvalue weighted by molar-refractivity contribution is 5.14. The third-order valence-electron chi connectivity index (χ3n) is 2.26. The quantitative estimate of drug-likeness (QED) is 0.456. The number of methoxy groups -OCH3 is 1. The molecule has 14 heavy (non-hydrogen) atoms. The molecule has 0 N–H and O–H groups in total. The predicted octanol–water partition coefficient (Wildman–Crippen LogP) is 1.42. The summed E-state index contributed by atoms with van der Waals surface area (Å²) in [5.74, 6) is 0. The van der Waals surface area contributed by atoms with E-state index in [0.29, 0.717) is 6.10 Å². The highest BCUT2D eigenvalue weighted by Gasteiger charge is 2.25. The van der Waals surface area contributed by atoms with Gasteiger partial charge in [-0.3, -0.25) is 0 Å². The standard InChI is InChI=1S/C11H19NO2/c1-4-10(5-2)12(6-7-13-3)8-11-9-14-11/h4-5,11H,1,6-9H2,2-3H3/b10-5+. The van der Waals surface area contributed by atoms with Gasteiger partial charge in [0.05, 0.1) is 19.3 Å². The van der Waals surface area contributed by atoms with E-state index in [0.717, 1.165) is 32.0 Å². The molecule has 0 aromatic rings. The van der Waals surface area contributed by atoms with E-state index in [9.17, 15) is 0 Å². The molecule has 0 spiro atoms. The first-order valence-corrected chi connectivity index (χ1v) is 4.96. The van der Waals surface area contributed by atoms with Crippen molar-refractivity contribution in [2.45, 2.75) is 13.0 Å². The van der Waals surface area contributed by atoms with Crippen LogP contribution in [0.5, 0.6) is 0 Å². The fraction of sp³-hybridized carbons (Fsp3) is 0.636. The molecule has 1 heterocycles. The zero-order valence-corrected chi connectivity index (χ0v) is 9.03. The summed E-state index contributed by atoms with van der Waals surface area (Å²) in [6.45, 7) is 9.27. The van der Waals surface area contributed by atoms with Gasteiger partial charge in [-0.15, -0.1) is 0 Å². The summed E-state index contributed by atoms with van der Waals surface area (Å²) in [6, 6.07) is 0. The third-order valence-corrected chi connectivity index (χ3v) is 2.26. The number of nitrogens with zero attached hydrogens (tertiary/aromatic N) is 1. The molecule has 0 radical (unpaired) electrons. The molecule has 1 rings (SSSR count).